The maximum atomic E-state index is 13.3. The highest BCUT2D eigenvalue weighted by Crippen LogP contribution is 2.23. The van der Waals surface area contributed by atoms with Crippen LogP contribution in [0.2, 0.25) is 0 Å². The van der Waals surface area contributed by atoms with Crippen molar-refractivity contribution < 1.29 is 22.7 Å². The average molecular weight is 373 g/mol. The number of ether oxygens (including phenoxy) is 1. The topological polar surface area (TPSA) is 63.2 Å². The van der Waals surface area contributed by atoms with Crippen molar-refractivity contribution in [2.45, 2.75) is 6.61 Å². The molecule has 27 heavy (non-hydrogen) atoms. The zero-order valence-corrected chi connectivity index (χ0v) is 13.8. The largest absolute Gasteiger partial charge is 0.435 e. The SMILES string of the molecule is O=C(Nc1cccc(OC(F)F)c1)c1cccnc1Nc1cccc(F)c1. The lowest BCUT2D eigenvalue weighted by molar-refractivity contribution is -0.0497. The van der Waals surface area contributed by atoms with Crippen molar-refractivity contribution in [2.24, 2.45) is 0 Å². The fourth-order valence-corrected chi connectivity index (χ4v) is 2.34. The third kappa shape index (κ3) is 4.97. The number of nitrogens with one attached hydrogen (secondary N) is 2. The molecule has 138 valence electrons. The molecular formula is C19H14F3N3O2. The molecule has 0 atom stereocenters. The van der Waals surface area contributed by atoms with E-state index in [1.54, 1.807) is 12.1 Å². The van der Waals surface area contributed by atoms with Gasteiger partial charge in [0, 0.05) is 23.6 Å². The number of carbonyl (C=O) groups excluding carboxylic acids is 1. The minimum absolute atomic E-state index is 0.0768. The Hall–Kier alpha value is -3.55. The van der Waals surface area contributed by atoms with Crippen molar-refractivity contribution in [3.05, 3.63) is 78.2 Å². The van der Waals surface area contributed by atoms with Crippen molar-refractivity contribution in [1.82, 2.24) is 4.98 Å². The number of anilines is 3. The second kappa shape index (κ2) is 8.22. The van der Waals surface area contributed by atoms with E-state index in [9.17, 15) is 18.0 Å². The number of hydrogen-bond acceptors (Lipinski definition) is 4. The van der Waals surface area contributed by atoms with Crippen molar-refractivity contribution in [2.75, 3.05) is 10.6 Å². The summed E-state index contributed by atoms with van der Waals surface area (Å²) in [6.07, 6.45) is 1.48. The summed E-state index contributed by atoms with van der Waals surface area (Å²) in [7, 11) is 0. The minimum atomic E-state index is -2.96. The molecule has 0 spiro atoms. The van der Waals surface area contributed by atoms with Gasteiger partial charge in [0.05, 0.1) is 5.56 Å². The van der Waals surface area contributed by atoms with Crippen molar-refractivity contribution in [3.8, 4) is 5.75 Å². The molecule has 3 aromatic rings. The van der Waals surface area contributed by atoms with Gasteiger partial charge in [0.2, 0.25) is 0 Å². The number of hydrogen-bond donors (Lipinski definition) is 2. The molecule has 2 aromatic carbocycles. The van der Waals surface area contributed by atoms with Gasteiger partial charge in [-0.2, -0.15) is 8.78 Å². The highest BCUT2D eigenvalue weighted by atomic mass is 19.3. The van der Waals surface area contributed by atoms with E-state index in [-0.39, 0.29) is 22.8 Å². The molecule has 0 bridgehead atoms. The Morgan fingerprint density at radius 2 is 1.78 bits per heavy atom. The second-order valence-corrected chi connectivity index (χ2v) is 5.40. The molecule has 2 N–H and O–H groups in total. The van der Waals surface area contributed by atoms with Gasteiger partial charge in [-0.25, -0.2) is 9.37 Å². The van der Waals surface area contributed by atoms with Gasteiger partial charge < -0.3 is 15.4 Å². The van der Waals surface area contributed by atoms with E-state index in [2.05, 4.69) is 20.4 Å². The summed E-state index contributed by atoms with van der Waals surface area (Å²) in [6.45, 7) is -2.96. The number of pyridine rings is 1. The number of halogens is 3. The maximum Gasteiger partial charge on any atom is 0.387 e. The highest BCUT2D eigenvalue weighted by Gasteiger charge is 2.14. The maximum absolute atomic E-state index is 13.3. The van der Waals surface area contributed by atoms with Crippen LogP contribution >= 0.6 is 0 Å². The summed E-state index contributed by atoms with van der Waals surface area (Å²) in [5.41, 5.74) is 0.899. The Morgan fingerprint density at radius 1 is 1.00 bits per heavy atom. The first-order chi connectivity index (χ1) is 13.0. The van der Waals surface area contributed by atoms with Gasteiger partial charge >= 0.3 is 6.61 Å². The van der Waals surface area contributed by atoms with E-state index in [0.717, 1.165) is 0 Å². The predicted molar refractivity (Wildman–Crippen MR) is 94.9 cm³/mol. The van der Waals surface area contributed by atoms with Crippen molar-refractivity contribution >= 4 is 23.1 Å². The van der Waals surface area contributed by atoms with E-state index >= 15 is 0 Å². The standard InChI is InChI=1S/C19H14F3N3O2/c20-12-4-1-5-13(10-12)24-17-16(8-3-9-23-17)18(26)25-14-6-2-7-15(11-14)27-19(21)22/h1-11,19H,(H,23,24)(H,25,26). The zero-order chi connectivity index (χ0) is 19.2. The van der Waals surface area contributed by atoms with Crippen molar-refractivity contribution in [3.63, 3.8) is 0 Å². The normalized spacial score (nSPS) is 10.5. The smallest absolute Gasteiger partial charge is 0.387 e. The van der Waals surface area contributed by atoms with E-state index in [1.165, 1.54) is 54.7 Å². The predicted octanol–water partition coefficient (Wildman–Crippen LogP) is 4.82. The van der Waals surface area contributed by atoms with E-state index in [1.807, 2.05) is 0 Å². The molecule has 0 aliphatic rings. The lowest BCUT2D eigenvalue weighted by atomic mass is 10.2. The van der Waals surface area contributed by atoms with Crippen LogP contribution in [0.3, 0.4) is 0 Å². The lowest BCUT2D eigenvalue weighted by Crippen LogP contribution is -2.15. The van der Waals surface area contributed by atoms with Crippen LogP contribution in [-0.2, 0) is 0 Å². The van der Waals surface area contributed by atoms with Gasteiger partial charge in [-0.05, 0) is 42.5 Å². The number of amides is 1. The first-order valence-corrected chi connectivity index (χ1v) is 7.85. The summed E-state index contributed by atoms with van der Waals surface area (Å²) in [6, 6.07) is 14.5. The summed E-state index contributed by atoms with van der Waals surface area (Å²) in [5.74, 6) is -0.804. The number of aromatic nitrogens is 1. The van der Waals surface area contributed by atoms with Gasteiger partial charge in [-0.3, -0.25) is 4.79 Å². The van der Waals surface area contributed by atoms with Crippen LogP contribution in [0.1, 0.15) is 10.4 Å². The molecular weight excluding hydrogens is 359 g/mol. The Labute approximate surface area is 152 Å². The molecule has 5 nitrogen and oxygen atoms in total. The van der Waals surface area contributed by atoms with Crippen molar-refractivity contribution in [1.29, 1.82) is 0 Å². The first-order valence-electron chi connectivity index (χ1n) is 7.85. The Morgan fingerprint density at radius 3 is 2.56 bits per heavy atom. The van der Waals surface area contributed by atoms with Gasteiger partial charge in [0.25, 0.3) is 5.91 Å². The molecule has 8 heteroatoms. The fourth-order valence-electron chi connectivity index (χ4n) is 2.34. The summed E-state index contributed by atoms with van der Waals surface area (Å²) in [4.78, 5) is 16.7. The third-order valence-corrected chi connectivity index (χ3v) is 3.46. The van der Waals surface area contributed by atoms with Gasteiger partial charge in [-0.15, -0.1) is 0 Å². The number of benzene rings is 2. The minimum Gasteiger partial charge on any atom is -0.435 e. The van der Waals surface area contributed by atoms with Crippen LogP contribution < -0.4 is 15.4 Å². The van der Waals surface area contributed by atoms with Crippen LogP contribution in [0, 0.1) is 5.82 Å². The van der Waals surface area contributed by atoms with E-state index in [4.69, 9.17) is 0 Å². The quantitative estimate of drug-likeness (QED) is 0.650. The summed E-state index contributed by atoms with van der Waals surface area (Å²) in [5, 5.41) is 5.47. The molecule has 1 heterocycles. The molecule has 1 amide bonds. The number of nitrogens with zero attached hydrogens (tertiary/aromatic N) is 1. The Bertz CT molecular complexity index is 951. The number of rotatable bonds is 6. The van der Waals surface area contributed by atoms with Crippen LogP contribution in [0.15, 0.2) is 66.9 Å². The van der Waals surface area contributed by atoms with Crippen LogP contribution in [0.4, 0.5) is 30.4 Å². The summed E-state index contributed by atoms with van der Waals surface area (Å²) < 4.78 is 42.3. The second-order valence-electron chi connectivity index (χ2n) is 5.40. The molecule has 0 radical (unpaired) electrons. The molecule has 0 saturated heterocycles. The third-order valence-electron chi connectivity index (χ3n) is 3.46. The van der Waals surface area contributed by atoms with Gasteiger partial charge in [-0.1, -0.05) is 12.1 Å². The monoisotopic (exact) mass is 373 g/mol. The number of alkyl halides is 2. The van der Waals surface area contributed by atoms with Crippen LogP contribution in [-0.4, -0.2) is 17.5 Å². The fraction of sp³-hybridized carbons (Fsp3) is 0.0526. The molecule has 0 aliphatic heterocycles. The number of carbonyl (C=O) groups is 1. The van der Waals surface area contributed by atoms with Crippen LogP contribution in [0.5, 0.6) is 5.75 Å². The first kappa shape index (κ1) is 18.2. The zero-order valence-electron chi connectivity index (χ0n) is 13.8. The van der Waals surface area contributed by atoms with E-state index in [0.29, 0.717) is 5.69 Å². The summed E-state index contributed by atoms with van der Waals surface area (Å²) >= 11 is 0. The van der Waals surface area contributed by atoms with E-state index < -0.39 is 18.3 Å². The molecule has 0 aliphatic carbocycles. The Kier molecular flexibility index (Phi) is 5.55. The van der Waals surface area contributed by atoms with Crippen LogP contribution in [0.25, 0.3) is 0 Å². The molecule has 0 saturated carbocycles. The molecule has 3 rings (SSSR count). The highest BCUT2D eigenvalue weighted by molar-refractivity contribution is 6.07. The molecule has 0 fully saturated rings. The lowest BCUT2D eigenvalue weighted by Gasteiger charge is -2.12. The molecule has 0 unspecified atom stereocenters. The van der Waals surface area contributed by atoms with Gasteiger partial charge in [0.1, 0.15) is 17.4 Å². The Balaban J connectivity index is 1.79. The van der Waals surface area contributed by atoms with Gasteiger partial charge in [0.15, 0.2) is 0 Å². The average Bonchev–Trinajstić information content (AvgIpc) is 2.62. The molecule has 1 aromatic heterocycles.